The fourth-order valence-corrected chi connectivity index (χ4v) is 2.95. The van der Waals surface area contributed by atoms with Crippen molar-refractivity contribution in [2.45, 2.75) is 25.7 Å². The zero-order chi connectivity index (χ0) is 15.1. The van der Waals surface area contributed by atoms with E-state index < -0.39 is 0 Å². The molecule has 0 bridgehead atoms. The van der Waals surface area contributed by atoms with Gasteiger partial charge in [-0.3, -0.25) is 14.7 Å². The second-order valence-corrected chi connectivity index (χ2v) is 5.99. The van der Waals surface area contributed by atoms with Crippen LogP contribution in [0.1, 0.15) is 41.9 Å². The van der Waals surface area contributed by atoms with Crippen molar-refractivity contribution in [3.05, 3.63) is 11.4 Å². The number of methoxy groups -OCH3 is 1. The van der Waals surface area contributed by atoms with Crippen LogP contribution in [0.2, 0.25) is 0 Å². The molecular weight excluding hydrogens is 272 g/mol. The Morgan fingerprint density at radius 1 is 1.38 bits per heavy atom. The van der Waals surface area contributed by atoms with Crippen molar-refractivity contribution < 1.29 is 14.3 Å². The minimum atomic E-state index is -0.276. The van der Waals surface area contributed by atoms with Crippen molar-refractivity contribution in [2.24, 2.45) is 11.8 Å². The molecule has 21 heavy (non-hydrogen) atoms. The van der Waals surface area contributed by atoms with Crippen LogP contribution < -0.4 is 5.73 Å². The van der Waals surface area contributed by atoms with Crippen LogP contribution in [-0.2, 0) is 9.53 Å². The molecule has 1 aliphatic heterocycles. The lowest BCUT2D eigenvalue weighted by atomic mass is 9.99. The normalized spacial score (nSPS) is 25.1. The fourth-order valence-electron chi connectivity index (χ4n) is 2.95. The van der Waals surface area contributed by atoms with E-state index in [1.807, 2.05) is 6.92 Å². The molecule has 1 amide bonds. The summed E-state index contributed by atoms with van der Waals surface area (Å²) >= 11 is 0. The predicted octanol–water partition coefficient (Wildman–Crippen LogP) is 0.750. The summed E-state index contributed by atoms with van der Waals surface area (Å²) in [6, 6.07) is 0. The summed E-state index contributed by atoms with van der Waals surface area (Å²) in [5, 5.41) is 6.96. The van der Waals surface area contributed by atoms with E-state index in [-0.39, 0.29) is 29.4 Å². The van der Waals surface area contributed by atoms with E-state index >= 15 is 0 Å². The molecule has 0 aromatic carbocycles. The van der Waals surface area contributed by atoms with Crippen LogP contribution in [0.4, 0.5) is 5.69 Å². The summed E-state index contributed by atoms with van der Waals surface area (Å²) in [5.41, 5.74) is 7.63. The fraction of sp³-hybridized carbons (Fsp3) is 0.643. The average Bonchev–Trinajstić information content (AvgIpc) is 3.13. The van der Waals surface area contributed by atoms with E-state index in [0.29, 0.717) is 24.7 Å². The van der Waals surface area contributed by atoms with Gasteiger partial charge in [-0.25, -0.2) is 0 Å². The number of nitrogens with two attached hydrogens (primary N) is 1. The zero-order valence-corrected chi connectivity index (χ0v) is 12.3. The Balaban J connectivity index is 1.75. The lowest BCUT2D eigenvalue weighted by molar-refractivity contribution is -0.146. The Bertz CT molecular complexity index is 579. The van der Waals surface area contributed by atoms with Gasteiger partial charge in [0.1, 0.15) is 0 Å². The number of nitrogens with zero attached hydrogens (tertiary/aromatic N) is 2. The number of amides is 1. The molecule has 2 fully saturated rings. The van der Waals surface area contributed by atoms with Gasteiger partial charge in [0.25, 0.3) is 5.91 Å². The van der Waals surface area contributed by atoms with Gasteiger partial charge < -0.3 is 15.4 Å². The number of rotatable bonds is 3. The lowest BCUT2D eigenvalue weighted by Gasteiger charge is -2.14. The summed E-state index contributed by atoms with van der Waals surface area (Å²) in [7, 11) is 1.37. The molecule has 1 aromatic heterocycles. The number of nitrogen functional groups attached to an aromatic ring is 1. The first kappa shape index (κ1) is 13.9. The van der Waals surface area contributed by atoms with Gasteiger partial charge in [-0.2, -0.15) is 5.10 Å². The molecule has 7 nitrogen and oxygen atoms in total. The van der Waals surface area contributed by atoms with E-state index in [0.717, 1.165) is 18.5 Å². The maximum Gasteiger partial charge on any atom is 0.310 e. The average molecular weight is 292 g/mol. The first-order chi connectivity index (χ1) is 10.0. The Morgan fingerprint density at radius 2 is 2.10 bits per heavy atom. The Morgan fingerprint density at radius 3 is 2.71 bits per heavy atom. The second kappa shape index (κ2) is 5.05. The number of carbonyl (C=O) groups excluding carboxylic acids is 2. The lowest BCUT2D eigenvalue weighted by Crippen LogP contribution is -2.31. The molecule has 1 aromatic rings. The van der Waals surface area contributed by atoms with Crippen LogP contribution in [0.25, 0.3) is 0 Å². The molecule has 7 heteroatoms. The molecule has 3 rings (SSSR count). The van der Waals surface area contributed by atoms with Crippen molar-refractivity contribution >= 4 is 17.6 Å². The number of carbonyl (C=O) groups is 2. The van der Waals surface area contributed by atoms with Gasteiger partial charge in [0.2, 0.25) is 0 Å². The Kier molecular flexibility index (Phi) is 3.35. The highest BCUT2D eigenvalue weighted by Gasteiger charge is 2.39. The number of H-pyrrole nitrogens is 1. The van der Waals surface area contributed by atoms with Gasteiger partial charge in [-0.1, -0.05) is 6.92 Å². The monoisotopic (exact) mass is 292 g/mol. The summed E-state index contributed by atoms with van der Waals surface area (Å²) in [6.07, 6.45) is 2.18. The smallest absolute Gasteiger partial charge is 0.310 e. The summed E-state index contributed by atoms with van der Waals surface area (Å²) < 4.78 is 4.78. The standard InChI is InChI=1S/C14H20N4O3/c1-7-5-18(6-9(7)14(20)21-2)13(19)12-10(15)11(16-17-12)8-3-4-8/h7-9H,3-6,15H2,1-2H3,(H,16,17). The van der Waals surface area contributed by atoms with Crippen LogP contribution in [0.3, 0.4) is 0 Å². The van der Waals surface area contributed by atoms with Gasteiger partial charge in [0.05, 0.1) is 24.4 Å². The van der Waals surface area contributed by atoms with Gasteiger partial charge in [-0.05, 0) is 18.8 Å². The van der Waals surface area contributed by atoms with E-state index in [2.05, 4.69) is 10.2 Å². The van der Waals surface area contributed by atoms with Gasteiger partial charge in [-0.15, -0.1) is 0 Å². The molecule has 1 saturated carbocycles. The highest BCUT2D eigenvalue weighted by atomic mass is 16.5. The highest BCUT2D eigenvalue weighted by Crippen LogP contribution is 2.42. The number of ether oxygens (including phenoxy) is 1. The highest BCUT2D eigenvalue weighted by molar-refractivity contribution is 5.98. The quantitative estimate of drug-likeness (QED) is 0.800. The number of anilines is 1. The number of nitrogens with one attached hydrogen (secondary N) is 1. The van der Waals surface area contributed by atoms with E-state index in [1.165, 1.54) is 7.11 Å². The SMILES string of the molecule is COC(=O)C1CN(C(=O)c2n[nH]c(C3CC3)c2N)CC1C. The molecule has 0 radical (unpaired) electrons. The molecule has 1 aliphatic carbocycles. The van der Waals surface area contributed by atoms with E-state index in [4.69, 9.17) is 10.5 Å². The van der Waals surface area contributed by atoms with Crippen molar-refractivity contribution in [3.63, 3.8) is 0 Å². The first-order valence-corrected chi connectivity index (χ1v) is 7.23. The Labute approximate surface area is 122 Å². The summed E-state index contributed by atoms with van der Waals surface area (Å²) in [4.78, 5) is 25.9. The van der Waals surface area contributed by atoms with Crippen LogP contribution in [0, 0.1) is 11.8 Å². The largest absolute Gasteiger partial charge is 0.469 e. The third-order valence-electron chi connectivity index (χ3n) is 4.43. The first-order valence-electron chi connectivity index (χ1n) is 7.23. The van der Waals surface area contributed by atoms with Crippen molar-refractivity contribution in [2.75, 3.05) is 25.9 Å². The molecule has 2 unspecified atom stereocenters. The van der Waals surface area contributed by atoms with Crippen LogP contribution in [0.15, 0.2) is 0 Å². The zero-order valence-electron chi connectivity index (χ0n) is 12.3. The minimum Gasteiger partial charge on any atom is -0.469 e. The van der Waals surface area contributed by atoms with Crippen LogP contribution >= 0.6 is 0 Å². The predicted molar refractivity (Wildman–Crippen MR) is 75.5 cm³/mol. The van der Waals surface area contributed by atoms with Gasteiger partial charge >= 0.3 is 5.97 Å². The van der Waals surface area contributed by atoms with Gasteiger partial charge in [0, 0.05) is 19.0 Å². The third kappa shape index (κ3) is 2.36. The number of aromatic amines is 1. The summed E-state index contributed by atoms with van der Waals surface area (Å²) in [6.45, 7) is 2.82. The van der Waals surface area contributed by atoms with Gasteiger partial charge in [0.15, 0.2) is 5.69 Å². The third-order valence-corrected chi connectivity index (χ3v) is 4.43. The molecule has 0 spiro atoms. The molecular formula is C14H20N4O3. The molecule has 1 saturated heterocycles. The molecule has 2 atom stereocenters. The van der Waals surface area contributed by atoms with Crippen molar-refractivity contribution in [1.82, 2.24) is 15.1 Å². The molecule has 2 heterocycles. The maximum absolute atomic E-state index is 12.5. The number of likely N-dealkylation sites (tertiary alicyclic amines) is 1. The van der Waals surface area contributed by atoms with Crippen molar-refractivity contribution in [3.8, 4) is 0 Å². The maximum atomic E-state index is 12.5. The number of hydrogen-bond donors (Lipinski definition) is 2. The van der Waals surface area contributed by atoms with Crippen LogP contribution in [-0.4, -0.2) is 47.2 Å². The second-order valence-electron chi connectivity index (χ2n) is 5.99. The number of hydrogen-bond acceptors (Lipinski definition) is 5. The topological polar surface area (TPSA) is 101 Å². The minimum absolute atomic E-state index is 0.0736. The molecule has 3 N–H and O–H groups in total. The molecule has 114 valence electrons. The van der Waals surface area contributed by atoms with E-state index in [9.17, 15) is 9.59 Å². The number of esters is 1. The molecule has 2 aliphatic rings. The van der Waals surface area contributed by atoms with E-state index in [1.54, 1.807) is 4.90 Å². The summed E-state index contributed by atoms with van der Waals surface area (Å²) in [5.74, 6) is -0.272. The van der Waals surface area contributed by atoms with Crippen LogP contribution in [0.5, 0.6) is 0 Å². The van der Waals surface area contributed by atoms with Crippen molar-refractivity contribution in [1.29, 1.82) is 0 Å². The number of aromatic nitrogens is 2. The Hall–Kier alpha value is -2.05.